The molecule has 11 nitrogen and oxygen atoms in total. The van der Waals surface area contributed by atoms with Gasteiger partial charge in [-0.15, -0.1) is 0 Å². The maximum absolute atomic E-state index is 13.4. The number of rotatable bonds is 7. The zero-order valence-electron chi connectivity index (χ0n) is 16.2. The van der Waals surface area contributed by atoms with Crippen molar-refractivity contribution < 1.29 is 22.6 Å². The maximum atomic E-state index is 13.4. The third-order valence-electron chi connectivity index (χ3n) is 4.80. The van der Waals surface area contributed by atoms with E-state index in [0.29, 0.717) is 31.7 Å². The Morgan fingerprint density at radius 1 is 1.47 bits per heavy atom. The molecule has 1 aromatic carbocycles. The van der Waals surface area contributed by atoms with Crippen LogP contribution in [0.15, 0.2) is 32.5 Å². The lowest BCUT2D eigenvalue weighted by Crippen LogP contribution is -2.39. The van der Waals surface area contributed by atoms with Gasteiger partial charge in [0.15, 0.2) is 5.69 Å². The van der Waals surface area contributed by atoms with Crippen LogP contribution in [0.4, 0.5) is 15.9 Å². The van der Waals surface area contributed by atoms with E-state index in [4.69, 9.17) is 4.63 Å². The molecule has 1 atom stereocenters. The van der Waals surface area contributed by atoms with E-state index >= 15 is 0 Å². The molecule has 0 radical (unpaired) electrons. The zero-order valence-corrected chi connectivity index (χ0v) is 18.6. The van der Waals surface area contributed by atoms with Gasteiger partial charge < -0.3 is 15.8 Å². The van der Waals surface area contributed by atoms with Gasteiger partial charge in [-0.25, -0.2) is 13.7 Å². The van der Waals surface area contributed by atoms with Gasteiger partial charge in [0.2, 0.25) is 11.7 Å². The van der Waals surface area contributed by atoms with Crippen molar-refractivity contribution in [2.75, 3.05) is 37.3 Å². The molecule has 1 aromatic heterocycles. The first kappa shape index (κ1) is 22.4. The molecule has 2 heterocycles. The molecule has 14 heteroatoms. The summed E-state index contributed by atoms with van der Waals surface area (Å²) >= 11 is 3.09. The number of anilines is 2. The summed E-state index contributed by atoms with van der Waals surface area (Å²) in [6, 6.07) is 4.17. The Bertz CT molecular complexity index is 1050. The van der Waals surface area contributed by atoms with Crippen LogP contribution in [0.3, 0.4) is 0 Å². The number of hydrogen-bond acceptors (Lipinski definition) is 8. The van der Waals surface area contributed by atoms with Crippen molar-refractivity contribution in [1.82, 2.24) is 19.3 Å². The van der Waals surface area contributed by atoms with Gasteiger partial charge >= 0.3 is 0 Å². The molecule has 164 valence electrons. The Balaban J connectivity index is 1.69. The van der Waals surface area contributed by atoms with E-state index in [-0.39, 0.29) is 27.2 Å². The Hall–Kier alpha value is -2.29. The lowest BCUT2D eigenvalue weighted by molar-refractivity contribution is 0.304. The summed E-state index contributed by atoms with van der Waals surface area (Å²) in [7, 11) is -2.12. The van der Waals surface area contributed by atoms with E-state index in [2.05, 4.69) is 46.8 Å². The van der Waals surface area contributed by atoms with Gasteiger partial charge in [0, 0.05) is 32.4 Å². The zero-order chi connectivity index (χ0) is 21.9. The first-order chi connectivity index (χ1) is 14.2. The van der Waals surface area contributed by atoms with Gasteiger partial charge in [-0.3, -0.25) is 0 Å². The van der Waals surface area contributed by atoms with Gasteiger partial charge in [0.1, 0.15) is 5.82 Å². The SMILES string of the molecule is CNS(=O)(=O)N1CCC(C)(CNc2nonc2/C(=N/O)Nc2ccc(F)c(Br)c2)C1. The van der Waals surface area contributed by atoms with Gasteiger partial charge in [-0.2, -0.15) is 12.7 Å². The van der Waals surface area contributed by atoms with Crippen LogP contribution >= 0.6 is 15.9 Å². The number of nitrogens with zero attached hydrogens (tertiary/aromatic N) is 4. The molecule has 4 N–H and O–H groups in total. The van der Waals surface area contributed by atoms with Crippen LogP contribution in [0, 0.1) is 11.2 Å². The van der Waals surface area contributed by atoms with Crippen LogP contribution in [0.25, 0.3) is 0 Å². The van der Waals surface area contributed by atoms with Crippen LogP contribution < -0.4 is 15.4 Å². The number of halogens is 2. The number of hydrogen-bond donors (Lipinski definition) is 4. The van der Waals surface area contributed by atoms with Gasteiger partial charge in [0.05, 0.1) is 4.47 Å². The Morgan fingerprint density at radius 2 is 2.23 bits per heavy atom. The summed E-state index contributed by atoms with van der Waals surface area (Å²) in [5.41, 5.74) is 0.200. The third-order valence-corrected chi connectivity index (χ3v) is 6.91. The number of nitrogens with one attached hydrogen (secondary N) is 3. The second-order valence-electron chi connectivity index (χ2n) is 7.12. The molecule has 30 heavy (non-hydrogen) atoms. The fraction of sp³-hybridized carbons (Fsp3) is 0.438. The number of aromatic nitrogens is 2. The molecule has 1 aliphatic rings. The number of amidine groups is 1. The van der Waals surface area contributed by atoms with E-state index in [0.717, 1.165) is 0 Å². The summed E-state index contributed by atoms with van der Waals surface area (Å²) < 4.78 is 46.1. The van der Waals surface area contributed by atoms with Crippen molar-refractivity contribution in [3.05, 3.63) is 34.2 Å². The molecule has 0 bridgehead atoms. The van der Waals surface area contributed by atoms with Crippen molar-refractivity contribution in [3.63, 3.8) is 0 Å². The highest BCUT2D eigenvalue weighted by Crippen LogP contribution is 2.31. The van der Waals surface area contributed by atoms with Gasteiger partial charge in [0.25, 0.3) is 10.2 Å². The lowest BCUT2D eigenvalue weighted by Gasteiger charge is -2.24. The first-order valence-electron chi connectivity index (χ1n) is 8.87. The average molecular weight is 506 g/mol. The minimum Gasteiger partial charge on any atom is -0.409 e. The summed E-state index contributed by atoms with van der Waals surface area (Å²) in [4.78, 5) is 0. The molecule has 1 saturated heterocycles. The minimum atomic E-state index is -3.49. The summed E-state index contributed by atoms with van der Waals surface area (Å²) in [6.07, 6.45) is 0.643. The van der Waals surface area contributed by atoms with E-state index in [9.17, 15) is 18.0 Å². The molecular weight excluding hydrogens is 485 g/mol. The lowest BCUT2D eigenvalue weighted by atomic mass is 9.90. The second-order valence-corrected chi connectivity index (χ2v) is 9.85. The van der Waals surface area contributed by atoms with E-state index < -0.39 is 16.0 Å². The number of benzene rings is 1. The Kier molecular flexibility index (Phi) is 6.59. The molecule has 0 saturated carbocycles. The molecule has 1 aliphatic heterocycles. The van der Waals surface area contributed by atoms with Gasteiger partial charge in [-0.1, -0.05) is 12.1 Å². The van der Waals surface area contributed by atoms with Crippen LogP contribution in [0.5, 0.6) is 0 Å². The molecular formula is C16H21BrFN7O4S. The molecule has 1 unspecified atom stereocenters. The topological polar surface area (TPSA) is 145 Å². The monoisotopic (exact) mass is 505 g/mol. The predicted octanol–water partition coefficient (Wildman–Crippen LogP) is 1.81. The summed E-state index contributed by atoms with van der Waals surface area (Å²) in [5, 5.41) is 26.0. The molecule has 2 aromatic rings. The van der Waals surface area contributed by atoms with Crippen LogP contribution in [0.2, 0.25) is 0 Å². The smallest absolute Gasteiger partial charge is 0.279 e. The molecule has 0 spiro atoms. The largest absolute Gasteiger partial charge is 0.409 e. The van der Waals surface area contributed by atoms with E-state index in [1.165, 1.54) is 29.6 Å². The van der Waals surface area contributed by atoms with Crippen LogP contribution in [0.1, 0.15) is 19.0 Å². The van der Waals surface area contributed by atoms with Crippen molar-refractivity contribution in [3.8, 4) is 0 Å². The Morgan fingerprint density at radius 3 is 2.90 bits per heavy atom. The van der Waals surface area contributed by atoms with Crippen LogP contribution in [-0.4, -0.2) is 60.8 Å². The minimum absolute atomic E-state index is 0.0618. The number of oxime groups is 1. The Labute approximate surface area is 181 Å². The fourth-order valence-electron chi connectivity index (χ4n) is 3.06. The molecule has 0 aliphatic carbocycles. The molecule has 0 amide bonds. The fourth-order valence-corrected chi connectivity index (χ4v) is 4.51. The van der Waals surface area contributed by atoms with Crippen LogP contribution in [-0.2, 0) is 10.2 Å². The highest BCUT2D eigenvalue weighted by Gasteiger charge is 2.39. The van der Waals surface area contributed by atoms with E-state index in [1.807, 2.05) is 6.92 Å². The molecule has 1 fully saturated rings. The highest BCUT2D eigenvalue weighted by molar-refractivity contribution is 9.10. The van der Waals surface area contributed by atoms with Crippen molar-refractivity contribution in [1.29, 1.82) is 0 Å². The van der Waals surface area contributed by atoms with Gasteiger partial charge in [-0.05, 0) is 56.3 Å². The standard InChI is InChI=1S/C16H21BrFN7O4S/c1-16(5-6-25(9-16)30(27,28)19-2)8-20-14-13(23-29-24-14)15(22-26)21-10-3-4-12(18)11(17)7-10/h3-4,7,19,26H,5-6,8-9H2,1-2H3,(H,20,24)(H,21,22). The van der Waals surface area contributed by atoms with Crippen molar-refractivity contribution in [2.45, 2.75) is 13.3 Å². The maximum Gasteiger partial charge on any atom is 0.279 e. The van der Waals surface area contributed by atoms with Crippen molar-refractivity contribution in [2.24, 2.45) is 10.6 Å². The predicted molar refractivity (Wildman–Crippen MR) is 111 cm³/mol. The quantitative estimate of drug-likeness (QED) is 0.193. The third kappa shape index (κ3) is 4.88. The first-order valence-corrected chi connectivity index (χ1v) is 11.1. The molecule has 3 rings (SSSR count). The highest BCUT2D eigenvalue weighted by atomic mass is 79.9. The second kappa shape index (κ2) is 8.83. The summed E-state index contributed by atoms with van der Waals surface area (Å²) in [5.74, 6) is -0.284. The van der Waals surface area contributed by atoms with Crippen molar-refractivity contribution >= 4 is 43.5 Å². The summed E-state index contributed by atoms with van der Waals surface area (Å²) in [6.45, 7) is 3.06. The average Bonchev–Trinajstić information content (AvgIpc) is 3.35. The normalized spacial score (nSPS) is 20.5. The van der Waals surface area contributed by atoms with E-state index in [1.54, 1.807) is 0 Å².